The van der Waals surface area contributed by atoms with Crippen molar-refractivity contribution in [1.82, 2.24) is 5.32 Å². The highest BCUT2D eigenvalue weighted by Crippen LogP contribution is 2.39. The number of benzene rings is 1. The Kier molecular flexibility index (Phi) is 12.5. The van der Waals surface area contributed by atoms with Gasteiger partial charge in [0.15, 0.2) is 0 Å². The molecule has 0 aromatic heterocycles. The second kappa shape index (κ2) is 15.6. The minimum Gasteiger partial charge on any atom is -0.499 e. The quantitative estimate of drug-likeness (QED) is 0.363. The molecule has 0 heterocycles. The molecule has 0 bridgehead atoms. The van der Waals surface area contributed by atoms with Crippen LogP contribution in [0.4, 0.5) is 4.39 Å². The molecule has 1 aromatic carbocycles. The number of allylic oxidation sites excluding steroid dienone is 1. The molecule has 3 saturated carbocycles. The van der Waals surface area contributed by atoms with Crippen LogP contribution in [-0.4, -0.2) is 19.7 Å². The maximum absolute atomic E-state index is 13.8. The minimum absolute atomic E-state index is 0.0585. The molecule has 34 heavy (non-hydrogen) atoms. The fraction of sp³-hybridized carbons (Fsp3) is 0.742. The number of halogens is 1. The van der Waals surface area contributed by atoms with Crippen LogP contribution in [0.2, 0.25) is 0 Å². The molecule has 2 nitrogen and oxygen atoms in total. The summed E-state index contributed by atoms with van der Waals surface area (Å²) in [7, 11) is 0. The second-order valence-corrected chi connectivity index (χ2v) is 11.1. The van der Waals surface area contributed by atoms with Crippen LogP contribution in [0.1, 0.15) is 115 Å². The Bertz CT molecular complexity index is 674. The van der Waals surface area contributed by atoms with Crippen molar-refractivity contribution in [3.63, 3.8) is 0 Å². The topological polar surface area (TPSA) is 21.3 Å². The summed E-state index contributed by atoms with van der Waals surface area (Å²) >= 11 is 0. The third-order valence-electron chi connectivity index (χ3n) is 8.31. The molecule has 2 atom stereocenters. The van der Waals surface area contributed by atoms with E-state index in [2.05, 4.69) is 11.9 Å². The van der Waals surface area contributed by atoms with E-state index in [1.807, 2.05) is 19.1 Å². The molecule has 0 saturated heterocycles. The van der Waals surface area contributed by atoms with Crippen molar-refractivity contribution in [1.29, 1.82) is 0 Å². The van der Waals surface area contributed by atoms with Gasteiger partial charge in [-0.3, -0.25) is 0 Å². The van der Waals surface area contributed by atoms with E-state index in [-0.39, 0.29) is 5.82 Å². The zero-order valence-corrected chi connectivity index (χ0v) is 21.8. The Morgan fingerprint density at radius 3 is 2.03 bits per heavy atom. The molecule has 3 aliphatic carbocycles. The zero-order chi connectivity index (χ0) is 24.0. The van der Waals surface area contributed by atoms with Crippen molar-refractivity contribution in [2.45, 2.75) is 109 Å². The van der Waals surface area contributed by atoms with E-state index in [1.165, 1.54) is 90.1 Å². The number of rotatable bonds is 9. The third kappa shape index (κ3) is 9.72. The maximum atomic E-state index is 13.8. The molecule has 3 heteroatoms. The van der Waals surface area contributed by atoms with E-state index in [0.29, 0.717) is 18.4 Å². The summed E-state index contributed by atoms with van der Waals surface area (Å²) < 4.78 is 19.3. The molecule has 1 N–H and O–H groups in total. The molecule has 4 rings (SSSR count). The van der Waals surface area contributed by atoms with Gasteiger partial charge in [-0.2, -0.15) is 0 Å². The fourth-order valence-corrected chi connectivity index (χ4v) is 6.42. The number of nitrogens with one attached hydrogen (secondary N) is 1. The summed E-state index contributed by atoms with van der Waals surface area (Å²) in [6.45, 7) is 9.22. The molecule has 2 unspecified atom stereocenters. The zero-order valence-electron chi connectivity index (χ0n) is 21.8. The van der Waals surface area contributed by atoms with E-state index in [4.69, 9.17) is 4.74 Å². The number of ether oxygens (including phenoxy) is 1. The van der Waals surface area contributed by atoms with Gasteiger partial charge in [-0.05, 0) is 100 Å². The predicted molar refractivity (Wildman–Crippen MR) is 143 cm³/mol. The molecule has 192 valence electrons. The standard InChI is InChI=1S/C17H23FO.C14H27N/c1-3-19-13(2)11-14-7-6-8-15(12-14)16-9-4-5-10-17(16)18;1-3-7-13(8-4-1)11-15-12-14-9-5-2-6-10-14/h4-5,9-10,14-15H,2-3,6-8,11-12H2,1H3;13-15H,1-12H2. The largest absolute Gasteiger partial charge is 0.499 e. The lowest BCUT2D eigenvalue weighted by molar-refractivity contribution is 0.193. The number of hydrogen-bond acceptors (Lipinski definition) is 2. The van der Waals surface area contributed by atoms with Gasteiger partial charge in [0.25, 0.3) is 0 Å². The second-order valence-electron chi connectivity index (χ2n) is 11.1. The van der Waals surface area contributed by atoms with Crippen LogP contribution in [0, 0.1) is 23.6 Å². The average Bonchev–Trinajstić information content (AvgIpc) is 2.86. The van der Waals surface area contributed by atoms with Gasteiger partial charge in [0.2, 0.25) is 0 Å². The van der Waals surface area contributed by atoms with E-state index in [9.17, 15) is 4.39 Å². The molecular formula is C31H50FNO. The van der Waals surface area contributed by atoms with Crippen LogP contribution in [0.15, 0.2) is 36.6 Å². The van der Waals surface area contributed by atoms with Gasteiger partial charge >= 0.3 is 0 Å². The minimum atomic E-state index is -0.0585. The van der Waals surface area contributed by atoms with Gasteiger partial charge in [-0.15, -0.1) is 0 Å². The van der Waals surface area contributed by atoms with E-state index >= 15 is 0 Å². The summed E-state index contributed by atoms with van der Waals surface area (Å²) in [6.07, 6.45) is 20.3. The Hall–Kier alpha value is -1.35. The molecule has 0 aliphatic heterocycles. The van der Waals surface area contributed by atoms with Gasteiger partial charge in [-0.1, -0.05) is 69.7 Å². The molecule has 0 spiro atoms. The smallest absolute Gasteiger partial charge is 0.126 e. The van der Waals surface area contributed by atoms with Gasteiger partial charge in [0.1, 0.15) is 5.82 Å². The molecule has 3 aliphatic rings. The van der Waals surface area contributed by atoms with Crippen molar-refractivity contribution in [2.24, 2.45) is 17.8 Å². The SMILES string of the molecule is C1CCC(CNCC2CCCCC2)CC1.C=C(CC1CCCC(c2ccccc2F)C1)OCC. The summed E-state index contributed by atoms with van der Waals surface area (Å²) in [5.74, 6) is 3.76. The first-order valence-corrected chi connectivity index (χ1v) is 14.4. The third-order valence-corrected chi connectivity index (χ3v) is 8.31. The van der Waals surface area contributed by atoms with Crippen molar-refractivity contribution < 1.29 is 9.13 Å². The molecule has 0 amide bonds. The Balaban J connectivity index is 0.000000196. The predicted octanol–water partition coefficient (Wildman–Crippen LogP) is 8.78. The van der Waals surface area contributed by atoms with Crippen molar-refractivity contribution in [3.8, 4) is 0 Å². The highest BCUT2D eigenvalue weighted by atomic mass is 19.1. The molecule has 1 aromatic rings. The first kappa shape index (κ1) is 27.2. The monoisotopic (exact) mass is 471 g/mol. The maximum Gasteiger partial charge on any atom is 0.126 e. The number of hydrogen-bond donors (Lipinski definition) is 1. The average molecular weight is 472 g/mol. The van der Waals surface area contributed by atoms with Crippen LogP contribution in [0.25, 0.3) is 0 Å². The van der Waals surface area contributed by atoms with Crippen LogP contribution in [-0.2, 0) is 4.74 Å². The summed E-state index contributed by atoms with van der Waals surface area (Å²) in [4.78, 5) is 0. The normalized spacial score (nSPS) is 24.2. The summed E-state index contributed by atoms with van der Waals surface area (Å²) in [6, 6.07) is 7.19. The van der Waals surface area contributed by atoms with Gasteiger partial charge in [-0.25, -0.2) is 4.39 Å². The van der Waals surface area contributed by atoms with Crippen molar-refractivity contribution in [2.75, 3.05) is 19.7 Å². The van der Waals surface area contributed by atoms with Crippen molar-refractivity contribution in [3.05, 3.63) is 48.0 Å². The lowest BCUT2D eigenvalue weighted by Crippen LogP contribution is -2.30. The highest BCUT2D eigenvalue weighted by molar-refractivity contribution is 5.22. The molecular weight excluding hydrogens is 421 g/mol. The molecule has 0 radical (unpaired) electrons. The first-order chi connectivity index (χ1) is 16.7. The molecule has 3 fully saturated rings. The van der Waals surface area contributed by atoms with E-state index < -0.39 is 0 Å². The van der Waals surface area contributed by atoms with Crippen molar-refractivity contribution >= 4 is 0 Å². The van der Waals surface area contributed by atoms with Gasteiger partial charge in [0.05, 0.1) is 12.4 Å². The van der Waals surface area contributed by atoms with Crippen LogP contribution in [0.5, 0.6) is 0 Å². The van der Waals surface area contributed by atoms with Crippen LogP contribution in [0.3, 0.4) is 0 Å². The Labute approximate surface area is 209 Å². The lowest BCUT2D eigenvalue weighted by atomic mass is 9.76. The van der Waals surface area contributed by atoms with E-state index in [0.717, 1.165) is 42.4 Å². The summed E-state index contributed by atoms with van der Waals surface area (Å²) in [5, 5.41) is 3.72. The van der Waals surface area contributed by atoms with Crippen LogP contribution < -0.4 is 5.32 Å². The fourth-order valence-electron chi connectivity index (χ4n) is 6.42. The van der Waals surface area contributed by atoms with E-state index in [1.54, 1.807) is 12.1 Å². The first-order valence-electron chi connectivity index (χ1n) is 14.4. The Morgan fingerprint density at radius 1 is 0.853 bits per heavy atom. The van der Waals surface area contributed by atoms with Gasteiger partial charge in [0, 0.05) is 6.42 Å². The lowest BCUT2D eigenvalue weighted by Gasteiger charge is -2.30. The Morgan fingerprint density at radius 2 is 1.44 bits per heavy atom. The summed E-state index contributed by atoms with van der Waals surface area (Å²) in [5.41, 5.74) is 0.884. The van der Waals surface area contributed by atoms with Gasteiger partial charge < -0.3 is 10.1 Å². The van der Waals surface area contributed by atoms with Crippen LogP contribution >= 0.6 is 0 Å². The highest BCUT2D eigenvalue weighted by Gasteiger charge is 2.25.